The number of rotatable bonds is 4. The molecule has 0 amide bonds. The zero-order chi connectivity index (χ0) is 16.2. The lowest BCUT2D eigenvalue weighted by Crippen LogP contribution is -2.05. The van der Waals surface area contributed by atoms with Crippen molar-refractivity contribution in [1.29, 1.82) is 5.26 Å². The molecule has 0 unspecified atom stereocenters. The highest BCUT2D eigenvalue weighted by molar-refractivity contribution is 5.95. The van der Waals surface area contributed by atoms with E-state index in [1.54, 1.807) is 55.6 Å². The van der Waals surface area contributed by atoms with Gasteiger partial charge in [-0.1, -0.05) is 12.1 Å². The smallest absolute Gasteiger partial charge is 0.356 e. The van der Waals surface area contributed by atoms with E-state index in [2.05, 4.69) is 9.97 Å². The lowest BCUT2D eigenvalue weighted by molar-refractivity contribution is 0.0519. The van der Waals surface area contributed by atoms with E-state index >= 15 is 0 Å². The second kappa shape index (κ2) is 9.77. The number of aromatic nitrogens is 2. The third-order valence-electron chi connectivity index (χ3n) is 2.34. The van der Waals surface area contributed by atoms with Crippen LogP contribution in [0.15, 0.2) is 48.8 Å². The molecule has 0 atom stereocenters. The third kappa shape index (κ3) is 5.92. The predicted octanol–water partition coefficient (Wildman–Crippen LogP) is 2.44. The summed E-state index contributed by atoms with van der Waals surface area (Å²) in [5, 5.41) is 8.20. The number of hydrogen-bond donors (Lipinski definition) is 0. The molecular formula is C16H15N3O3. The Hall–Kier alpha value is -3.07. The molecule has 0 radical (unpaired) electrons. The predicted molar refractivity (Wildman–Crippen MR) is 79.0 cm³/mol. The minimum absolute atomic E-state index is 0.100. The van der Waals surface area contributed by atoms with Gasteiger partial charge in [0.05, 0.1) is 12.7 Å². The molecule has 2 rings (SSSR count). The maximum Gasteiger partial charge on any atom is 0.356 e. The molecular weight excluding hydrogens is 282 g/mol. The number of pyridine rings is 2. The first-order valence-electron chi connectivity index (χ1n) is 6.58. The molecule has 22 heavy (non-hydrogen) atoms. The number of hydrogen-bond acceptors (Lipinski definition) is 6. The Balaban J connectivity index is 0.000000220. The van der Waals surface area contributed by atoms with Crippen LogP contribution < -0.4 is 0 Å². The first kappa shape index (κ1) is 17.0. The Bertz CT molecular complexity index is 637. The standard InChI is InChI=1S/C8H6N2O.C8H9NO2/c9-5-4-8(11)7-3-1-2-6-10-7;1-2-11-8(10)7-5-3-4-6-9-7/h1-3,6H,4H2;3-6H,2H2,1H3. The summed E-state index contributed by atoms with van der Waals surface area (Å²) in [6, 6.07) is 11.9. The molecule has 0 saturated carbocycles. The van der Waals surface area contributed by atoms with Crippen LogP contribution in [0.1, 0.15) is 34.3 Å². The van der Waals surface area contributed by atoms with Crippen LogP contribution in [0.3, 0.4) is 0 Å². The zero-order valence-corrected chi connectivity index (χ0v) is 12.1. The van der Waals surface area contributed by atoms with E-state index in [1.165, 1.54) is 6.20 Å². The molecule has 0 saturated heterocycles. The van der Waals surface area contributed by atoms with Gasteiger partial charge in [0.25, 0.3) is 0 Å². The van der Waals surface area contributed by atoms with Crippen LogP contribution in [0.5, 0.6) is 0 Å². The summed E-state index contributed by atoms with van der Waals surface area (Å²) in [6.07, 6.45) is 2.99. The third-order valence-corrected chi connectivity index (χ3v) is 2.34. The van der Waals surface area contributed by atoms with Crippen molar-refractivity contribution in [2.45, 2.75) is 13.3 Å². The van der Waals surface area contributed by atoms with Crippen LogP contribution >= 0.6 is 0 Å². The summed E-state index contributed by atoms with van der Waals surface area (Å²) < 4.78 is 4.73. The molecule has 0 aromatic carbocycles. The highest BCUT2D eigenvalue weighted by atomic mass is 16.5. The van der Waals surface area contributed by atoms with Gasteiger partial charge in [-0.15, -0.1) is 0 Å². The van der Waals surface area contributed by atoms with Gasteiger partial charge in [0, 0.05) is 12.4 Å². The van der Waals surface area contributed by atoms with Crippen molar-refractivity contribution in [1.82, 2.24) is 9.97 Å². The van der Waals surface area contributed by atoms with Gasteiger partial charge < -0.3 is 4.74 Å². The van der Waals surface area contributed by atoms with Gasteiger partial charge in [0.1, 0.15) is 17.8 Å². The molecule has 6 heteroatoms. The number of Topliss-reactive ketones (excluding diaryl/α,β-unsaturated/α-hetero) is 1. The fraction of sp³-hybridized carbons (Fsp3) is 0.188. The molecule has 2 aromatic rings. The van der Waals surface area contributed by atoms with Crippen molar-refractivity contribution in [3.63, 3.8) is 0 Å². The molecule has 0 N–H and O–H groups in total. The second-order valence-electron chi connectivity index (χ2n) is 3.91. The van der Waals surface area contributed by atoms with Crippen LogP contribution in [0.4, 0.5) is 0 Å². The maximum atomic E-state index is 11.0. The van der Waals surface area contributed by atoms with Crippen LogP contribution in [-0.4, -0.2) is 28.3 Å². The molecule has 0 aliphatic heterocycles. The van der Waals surface area contributed by atoms with Crippen molar-refractivity contribution < 1.29 is 14.3 Å². The van der Waals surface area contributed by atoms with Gasteiger partial charge in [0.2, 0.25) is 0 Å². The lowest BCUT2D eigenvalue weighted by Gasteiger charge is -1.98. The molecule has 6 nitrogen and oxygen atoms in total. The van der Waals surface area contributed by atoms with Gasteiger partial charge in [-0.2, -0.15) is 5.26 Å². The molecule has 0 bridgehead atoms. The average Bonchev–Trinajstić information content (AvgIpc) is 2.57. The van der Waals surface area contributed by atoms with Gasteiger partial charge in [-0.3, -0.25) is 9.78 Å². The van der Waals surface area contributed by atoms with Crippen molar-refractivity contribution in [2.75, 3.05) is 6.61 Å². The van der Waals surface area contributed by atoms with Crippen molar-refractivity contribution >= 4 is 11.8 Å². The van der Waals surface area contributed by atoms with Gasteiger partial charge >= 0.3 is 5.97 Å². The summed E-state index contributed by atoms with van der Waals surface area (Å²) in [5.74, 6) is -0.596. The van der Waals surface area contributed by atoms with E-state index in [4.69, 9.17) is 10.00 Å². The highest BCUT2D eigenvalue weighted by Crippen LogP contribution is 1.97. The number of carbonyl (C=O) groups is 2. The van der Waals surface area contributed by atoms with Gasteiger partial charge in [-0.05, 0) is 31.2 Å². The van der Waals surface area contributed by atoms with Crippen LogP contribution in [0.25, 0.3) is 0 Å². The fourth-order valence-corrected chi connectivity index (χ4v) is 1.38. The Morgan fingerprint density at radius 2 is 1.68 bits per heavy atom. The summed E-state index contributed by atoms with van der Waals surface area (Å²) in [4.78, 5) is 29.5. The number of nitrogens with zero attached hydrogens (tertiary/aromatic N) is 3. The van der Waals surface area contributed by atoms with E-state index in [0.717, 1.165) is 0 Å². The molecule has 0 fully saturated rings. The molecule has 0 spiro atoms. The topological polar surface area (TPSA) is 92.9 Å². The van der Waals surface area contributed by atoms with E-state index in [0.29, 0.717) is 18.0 Å². The molecule has 0 aliphatic carbocycles. The highest BCUT2D eigenvalue weighted by Gasteiger charge is 2.05. The molecule has 112 valence electrons. The molecule has 2 aromatic heterocycles. The quantitative estimate of drug-likeness (QED) is 0.635. The lowest BCUT2D eigenvalue weighted by atomic mass is 10.2. The minimum Gasteiger partial charge on any atom is -0.461 e. The largest absolute Gasteiger partial charge is 0.461 e. The number of nitriles is 1. The molecule has 2 heterocycles. The van der Waals surface area contributed by atoms with Crippen molar-refractivity contribution in [2.24, 2.45) is 0 Å². The van der Waals surface area contributed by atoms with Crippen molar-refractivity contribution in [3.8, 4) is 6.07 Å². The van der Waals surface area contributed by atoms with E-state index in [1.807, 2.05) is 0 Å². The van der Waals surface area contributed by atoms with Crippen LogP contribution in [0, 0.1) is 11.3 Å². The van der Waals surface area contributed by atoms with Gasteiger partial charge in [0.15, 0.2) is 5.78 Å². The van der Waals surface area contributed by atoms with Crippen LogP contribution in [0.2, 0.25) is 0 Å². The van der Waals surface area contributed by atoms with Crippen molar-refractivity contribution in [3.05, 3.63) is 60.2 Å². The number of carbonyl (C=O) groups excluding carboxylic acids is 2. The Morgan fingerprint density at radius 3 is 2.14 bits per heavy atom. The second-order valence-corrected chi connectivity index (χ2v) is 3.91. The Morgan fingerprint density at radius 1 is 1.09 bits per heavy atom. The van der Waals surface area contributed by atoms with E-state index < -0.39 is 0 Å². The van der Waals surface area contributed by atoms with E-state index in [9.17, 15) is 9.59 Å². The summed E-state index contributed by atoms with van der Waals surface area (Å²) >= 11 is 0. The SMILES string of the molecule is CCOC(=O)c1ccccn1.N#CCC(=O)c1ccccn1. The number of ketones is 1. The minimum atomic E-state index is -0.367. The summed E-state index contributed by atoms with van der Waals surface area (Å²) in [5.41, 5.74) is 0.711. The van der Waals surface area contributed by atoms with Crippen LogP contribution in [-0.2, 0) is 4.74 Å². The normalized spacial score (nSPS) is 8.91. The zero-order valence-electron chi connectivity index (χ0n) is 12.1. The fourth-order valence-electron chi connectivity index (χ4n) is 1.38. The number of ether oxygens (including phenoxy) is 1. The summed E-state index contributed by atoms with van der Waals surface area (Å²) in [6.45, 7) is 2.15. The maximum absolute atomic E-state index is 11.0. The summed E-state index contributed by atoms with van der Waals surface area (Å²) in [7, 11) is 0. The Kier molecular flexibility index (Phi) is 7.55. The average molecular weight is 297 g/mol. The number of esters is 1. The van der Waals surface area contributed by atoms with Gasteiger partial charge in [-0.25, -0.2) is 9.78 Å². The Labute approximate surface area is 128 Å². The van der Waals surface area contributed by atoms with E-state index in [-0.39, 0.29) is 18.2 Å². The first-order chi connectivity index (χ1) is 10.7. The first-order valence-corrected chi connectivity index (χ1v) is 6.58. The monoisotopic (exact) mass is 297 g/mol. The molecule has 0 aliphatic rings.